The molecule has 0 aliphatic carbocycles. The van der Waals surface area contributed by atoms with E-state index >= 15 is 0 Å². The second-order valence-electron chi connectivity index (χ2n) is 9.62. The summed E-state index contributed by atoms with van der Waals surface area (Å²) in [5, 5.41) is 5.60. The lowest BCUT2D eigenvalue weighted by Gasteiger charge is -2.34. The SMILES string of the molecule is Cc1ccc(C2(C)NC(=O)N(CC(=O)NCCCN3CCN(Cc4ccccc4)CC3)C2=O)cc1. The lowest BCUT2D eigenvalue weighted by Crippen LogP contribution is -2.46. The first-order valence-corrected chi connectivity index (χ1v) is 12.3. The number of hydrogen-bond acceptors (Lipinski definition) is 5. The highest BCUT2D eigenvalue weighted by atomic mass is 16.2. The van der Waals surface area contributed by atoms with E-state index in [2.05, 4.69) is 44.7 Å². The zero-order valence-corrected chi connectivity index (χ0v) is 20.6. The largest absolute Gasteiger partial charge is 0.354 e. The molecule has 0 aromatic heterocycles. The van der Waals surface area contributed by atoms with Crippen LogP contribution in [0, 0.1) is 6.92 Å². The zero-order valence-electron chi connectivity index (χ0n) is 20.6. The molecule has 8 nitrogen and oxygen atoms in total. The van der Waals surface area contributed by atoms with E-state index in [1.165, 1.54) is 5.56 Å². The number of amides is 4. The second-order valence-corrected chi connectivity index (χ2v) is 9.62. The Morgan fingerprint density at radius 3 is 2.31 bits per heavy atom. The van der Waals surface area contributed by atoms with E-state index in [0.717, 1.165) is 56.2 Å². The van der Waals surface area contributed by atoms with Crippen LogP contribution in [-0.4, -0.2) is 78.4 Å². The molecule has 2 aromatic rings. The van der Waals surface area contributed by atoms with Crippen LogP contribution in [0.1, 0.15) is 30.0 Å². The van der Waals surface area contributed by atoms with Crippen molar-refractivity contribution in [3.05, 3.63) is 71.3 Å². The lowest BCUT2D eigenvalue weighted by atomic mass is 9.91. The number of aryl methyl sites for hydroxylation is 1. The molecule has 186 valence electrons. The molecule has 2 heterocycles. The molecule has 2 aliphatic rings. The number of carbonyl (C=O) groups is 3. The van der Waals surface area contributed by atoms with Gasteiger partial charge in [0.25, 0.3) is 5.91 Å². The summed E-state index contributed by atoms with van der Waals surface area (Å²) in [5.41, 5.74) is 1.95. The van der Waals surface area contributed by atoms with Gasteiger partial charge in [-0.1, -0.05) is 60.2 Å². The molecule has 4 rings (SSSR count). The van der Waals surface area contributed by atoms with Crippen LogP contribution in [0.4, 0.5) is 4.79 Å². The number of hydrogen-bond donors (Lipinski definition) is 2. The average molecular weight is 478 g/mol. The summed E-state index contributed by atoms with van der Waals surface area (Å²) in [6.07, 6.45) is 0.825. The standard InChI is InChI=1S/C27H35N5O3/c1-21-9-11-23(12-10-21)27(2)25(34)32(26(35)29-27)20-24(33)28-13-6-14-30-15-17-31(18-16-30)19-22-7-4-3-5-8-22/h3-5,7-12H,6,13-20H2,1-2H3,(H,28,33)(H,29,35). The Balaban J connectivity index is 1.16. The van der Waals surface area contributed by atoms with Crippen molar-refractivity contribution in [2.45, 2.75) is 32.4 Å². The van der Waals surface area contributed by atoms with Crippen LogP contribution >= 0.6 is 0 Å². The first-order valence-electron chi connectivity index (χ1n) is 12.3. The van der Waals surface area contributed by atoms with Crippen molar-refractivity contribution in [1.29, 1.82) is 0 Å². The molecular formula is C27H35N5O3. The molecule has 8 heteroatoms. The molecule has 2 saturated heterocycles. The van der Waals surface area contributed by atoms with Crippen LogP contribution in [-0.2, 0) is 21.7 Å². The van der Waals surface area contributed by atoms with E-state index in [9.17, 15) is 14.4 Å². The van der Waals surface area contributed by atoms with E-state index in [1.807, 2.05) is 37.3 Å². The number of rotatable bonds is 9. The zero-order chi connectivity index (χ0) is 24.8. The summed E-state index contributed by atoms with van der Waals surface area (Å²) in [6.45, 7) is 9.87. The summed E-state index contributed by atoms with van der Waals surface area (Å²) in [5.74, 6) is -0.732. The van der Waals surface area contributed by atoms with Crippen LogP contribution in [0.15, 0.2) is 54.6 Å². The van der Waals surface area contributed by atoms with Crippen molar-refractivity contribution in [3.8, 4) is 0 Å². The van der Waals surface area contributed by atoms with Gasteiger partial charge in [-0.25, -0.2) is 4.79 Å². The Labute approximate surface area is 207 Å². The molecule has 1 unspecified atom stereocenters. The molecule has 35 heavy (non-hydrogen) atoms. The van der Waals surface area contributed by atoms with E-state index in [4.69, 9.17) is 0 Å². The van der Waals surface area contributed by atoms with Crippen molar-refractivity contribution in [1.82, 2.24) is 25.3 Å². The Kier molecular flexibility index (Phi) is 7.83. The highest BCUT2D eigenvalue weighted by molar-refractivity contribution is 6.09. The second kappa shape index (κ2) is 11.0. The number of imide groups is 1. The predicted molar refractivity (Wildman–Crippen MR) is 135 cm³/mol. The lowest BCUT2D eigenvalue weighted by molar-refractivity contribution is -0.134. The van der Waals surface area contributed by atoms with Gasteiger partial charge in [-0.2, -0.15) is 0 Å². The van der Waals surface area contributed by atoms with Crippen LogP contribution in [0.5, 0.6) is 0 Å². The van der Waals surface area contributed by atoms with Gasteiger partial charge < -0.3 is 15.5 Å². The van der Waals surface area contributed by atoms with Crippen molar-refractivity contribution in [3.63, 3.8) is 0 Å². The van der Waals surface area contributed by atoms with E-state index in [-0.39, 0.29) is 12.5 Å². The van der Waals surface area contributed by atoms with Gasteiger partial charge in [-0.15, -0.1) is 0 Å². The number of nitrogens with zero attached hydrogens (tertiary/aromatic N) is 3. The van der Waals surface area contributed by atoms with Crippen molar-refractivity contribution in [2.24, 2.45) is 0 Å². The van der Waals surface area contributed by atoms with Gasteiger partial charge >= 0.3 is 6.03 Å². The third-order valence-corrected chi connectivity index (χ3v) is 6.89. The summed E-state index contributed by atoms with van der Waals surface area (Å²) in [4.78, 5) is 43.8. The fourth-order valence-corrected chi connectivity index (χ4v) is 4.67. The minimum Gasteiger partial charge on any atom is -0.354 e. The number of carbonyl (C=O) groups excluding carboxylic acids is 3. The highest BCUT2D eigenvalue weighted by Gasteiger charge is 2.49. The normalized spacial score (nSPS) is 21.3. The first kappa shape index (κ1) is 24.9. The van der Waals surface area contributed by atoms with Crippen LogP contribution in [0.25, 0.3) is 0 Å². The Morgan fingerprint density at radius 1 is 0.971 bits per heavy atom. The Hall–Kier alpha value is -3.23. The summed E-state index contributed by atoms with van der Waals surface area (Å²) >= 11 is 0. The third-order valence-electron chi connectivity index (χ3n) is 6.89. The molecule has 2 N–H and O–H groups in total. The first-order chi connectivity index (χ1) is 16.8. The Morgan fingerprint density at radius 2 is 1.63 bits per heavy atom. The van der Waals surface area contributed by atoms with Crippen molar-refractivity contribution < 1.29 is 14.4 Å². The maximum absolute atomic E-state index is 13.0. The molecular weight excluding hydrogens is 442 g/mol. The van der Waals surface area contributed by atoms with Gasteiger partial charge in [-0.05, 0) is 37.9 Å². The molecule has 2 aromatic carbocycles. The predicted octanol–water partition coefficient (Wildman–Crippen LogP) is 2.09. The molecule has 2 fully saturated rings. The topological polar surface area (TPSA) is 85.0 Å². The summed E-state index contributed by atoms with van der Waals surface area (Å²) < 4.78 is 0. The van der Waals surface area contributed by atoms with Crippen molar-refractivity contribution in [2.75, 3.05) is 45.8 Å². The minimum atomic E-state index is -1.16. The number of urea groups is 1. The van der Waals surface area contributed by atoms with Crippen LogP contribution < -0.4 is 10.6 Å². The number of nitrogens with one attached hydrogen (secondary N) is 2. The van der Waals surface area contributed by atoms with Crippen molar-refractivity contribution >= 4 is 17.8 Å². The molecule has 0 bridgehead atoms. The van der Waals surface area contributed by atoms with Gasteiger partial charge in [0.15, 0.2) is 0 Å². The maximum Gasteiger partial charge on any atom is 0.325 e. The molecule has 2 aliphatic heterocycles. The molecule has 0 saturated carbocycles. The van der Waals surface area contributed by atoms with Crippen LogP contribution in [0.2, 0.25) is 0 Å². The summed E-state index contributed by atoms with van der Waals surface area (Å²) in [6, 6.07) is 17.5. The molecule has 1 atom stereocenters. The molecule has 0 radical (unpaired) electrons. The van der Waals surface area contributed by atoms with Gasteiger partial charge in [0.05, 0.1) is 0 Å². The fourth-order valence-electron chi connectivity index (χ4n) is 4.67. The van der Waals surface area contributed by atoms with Gasteiger partial charge in [0.2, 0.25) is 5.91 Å². The van der Waals surface area contributed by atoms with Crippen LogP contribution in [0.3, 0.4) is 0 Å². The smallest absolute Gasteiger partial charge is 0.325 e. The maximum atomic E-state index is 13.0. The number of piperazine rings is 1. The molecule has 0 spiro atoms. The molecule has 4 amide bonds. The fraction of sp³-hybridized carbons (Fsp3) is 0.444. The van der Waals surface area contributed by atoms with E-state index in [0.29, 0.717) is 12.1 Å². The van der Waals surface area contributed by atoms with E-state index in [1.54, 1.807) is 6.92 Å². The summed E-state index contributed by atoms with van der Waals surface area (Å²) in [7, 11) is 0. The van der Waals surface area contributed by atoms with E-state index < -0.39 is 17.5 Å². The van der Waals surface area contributed by atoms with Gasteiger partial charge in [0, 0.05) is 39.3 Å². The third kappa shape index (κ3) is 6.07. The highest BCUT2D eigenvalue weighted by Crippen LogP contribution is 2.28. The monoisotopic (exact) mass is 477 g/mol. The Bertz CT molecular complexity index is 1030. The average Bonchev–Trinajstić information content (AvgIpc) is 3.07. The minimum absolute atomic E-state index is 0.274. The number of benzene rings is 2. The van der Waals surface area contributed by atoms with Gasteiger partial charge in [-0.3, -0.25) is 19.4 Å². The quantitative estimate of drug-likeness (QED) is 0.427. The van der Waals surface area contributed by atoms with Gasteiger partial charge in [0.1, 0.15) is 12.1 Å².